The summed E-state index contributed by atoms with van der Waals surface area (Å²) in [6, 6.07) is 17.4. The summed E-state index contributed by atoms with van der Waals surface area (Å²) in [6.45, 7) is 6.33. The van der Waals surface area contributed by atoms with Crippen molar-refractivity contribution < 1.29 is 14.3 Å². The van der Waals surface area contributed by atoms with Crippen molar-refractivity contribution in [1.29, 1.82) is 0 Å². The van der Waals surface area contributed by atoms with Crippen LogP contribution in [-0.2, 0) is 24.8 Å². The van der Waals surface area contributed by atoms with Gasteiger partial charge in [-0.2, -0.15) is 5.10 Å². The fourth-order valence-electron chi connectivity index (χ4n) is 3.77. The van der Waals surface area contributed by atoms with Crippen LogP contribution in [0.4, 0.5) is 21.9 Å². The van der Waals surface area contributed by atoms with Crippen molar-refractivity contribution in [2.45, 2.75) is 39.3 Å². The average Bonchev–Trinajstić information content (AvgIpc) is 3.11. The molecule has 0 unspecified atom stereocenters. The number of nitrogens with one attached hydrogen (secondary N) is 2. The zero-order chi connectivity index (χ0) is 23.6. The Labute approximate surface area is 193 Å². The molecule has 1 aromatic heterocycles. The highest BCUT2D eigenvalue weighted by Crippen LogP contribution is 2.25. The molecule has 1 aliphatic rings. The molecule has 33 heavy (non-hydrogen) atoms. The van der Waals surface area contributed by atoms with Gasteiger partial charge in [-0.3, -0.25) is 9.48 Å². The minimum atomic E-state index is -0.575. The SMILES string of the molecule is Cn1nc(C(=O)Nc2ccc(Nc3ccccc3)cc2)c2c1CCN(C(=O)OC(C)(C)C)C2. The Bertz CT molecular complexity index is 1150. The van der Waals surface area contributed by atoms with E-state index < -0.39 is 5.60 Å². The first kappa shape index (κ1) is 22.4. The van der Waals surface area contributed by atoms with Gasteiger partial charge in [-0.1, -0.05) is 18.2 Å². The molecule has 0 atom stereocenters. The van der Waals surface area contributed by atoms with E-state index in [1.807, 2.05) is 82.4 Å². The third-order valence-electron chi connectivity index (χ3n) is 5.31. The fourth-order valence-corrected chi connectivity index (χ4v) is 3.77. The highest BCUT2D eigenvalue weighted by atomic mass is 16.6. The van der Waals surface area contributed by atoms with Gasteiger partial charge in [0.15, 0.2) is 5.69 Å². The van der Waals surface area contributed by atoms with Crippen LogP contribution in [0.25, 0.3) is 0 Å². The zero-order valence-corrected chi connectivity index (χ0v) is 19.4. The smallest absolute Gasteiger partial charge is 0.410 e. The van der Waals surface area contributed by atoms with Gasteiger partial charge in [-0.25, -0.2) is 4.79 Å². The maximum absolute atomic E-state index is 13.0. The molecule has 2 N–H and O–H groups in total. The van der Waals surface area contributed by atoms with Crippen molar-refractivity contribution in [1.82, 2.24) is 14.7 Å². The lowest BCUT2D eigenvalue weighted by molar-refractivity contribution is 0.0222. The van der Waals surface area contributed by atoms with Gasteiger partial charge >= 0.3 is 6.09 Å². The molecule has 172 valence electrons. The summed E-state index contributed by atoms with van der Waals surface area (Å²) < 4.78 is 7.23. The average molecular weight is 448 g/mol. The first-order valence-electron chi connectivity index (χ1n) is 11.0. The van der Waals surface area contributed by atoms with E-state index >= 15 is 0 Å². The van der Waals surface area contributed by atoms with E-state index in [1.54, 1.807) is 9.58 Å². The van der Waals surface area contributed by atoms with Gasteiger partial charge in [-0.05, 0) is 57.2 Å². The van der Waals surface area contributed by atoms with E-state index in [1.165, 1.54) is 0 Å². The molecule has 0 saturated carbocycles. The van der Waals surface area contributed by atoms with Gasteiger partial charge < -0.3 is 20.3 Å². The molecule has 2 aromatic carbocycles. The second kappa shape index (κ2) is 8.97. The summed E-state index contributed by atoms with van der Waals surface area (Å²) in [5.74, 6) is -0.304. The molecule has 0 spiro atoms. The third kappa shape index (κ3) is 5.34. The number of amides is 2. The number of benzene rings is 2. The van der Waals surface area contributed by atoms with Gasteiger partial charge in [0.1, 0.15) is 5.60 Å². The third-order valence-corrected chi connectivity index (χ3v) is 5.31. The van der Waals surface area contributed by atoms with E-state index in [0.717, 1.165) is 22.6 Å². The van der Waals surface area contributed by atoms with E-state index in [9.17, 15) is 9.59 Å². The Hall–Kier alpha value is -3.81. The van der Waals surface area contributed by atoms with E-state index in [4.69, 9.17) is 4.74 Å². The summed E-state index contributed by atoms with van der Waals surface area (Å²) >= 11 is 0. The molecular weight excluding hydrogens is 418 g/mol. The van der Waals surface area contributed by atoms with Crippen LogP contribution < -0.4 is 10.6 Å². The van der Waals surface area contributed by atoms with Crippen LogP contribution >= 0.6 is 0 Å². The molecule has 0 saturated heterocycles. The number of fused-ring (bicyclic) bond motifs is 1. The number of hydrogen-bond donors (Lipinski definition) is 2. The summed E-state index contributed by atoms with van der Waals surface area (Å²) in [5, 5.41) is 10.7. The first-order valence-corrected chi connectivity index (χ1v) is 11.0. The van der Waals surface area contributed by atoms with Crippen molar-refractivity contribution in [3.63, 3.8) is 0 Å². The molecule has 1 aliphatic heterocycles. The minimum absolute atomic E-state index is 0.292. The first-order chi connectivity index (χ1) is 15.7. The van der Waals surface area contributed by atoms with Crippen LogP contribution in [0.15, 0.2) is 54.6 Å². The van der Waals surface area contributed by atoms with Crippen molar-refractivity contribution in [2.24, 2.45) is 7.05 Å². The van der Waals surface area contributed by atoms with Crippen molar-refractivity contribution in [3.05, 3.63) is 71.5 Å². The van der Waals surface area contributed by atoms with E-state index in [-0.39, 0.29) is 12.0 Å². The lowest BCUT2D eigenvalue weighted by atomic mass is 10.0. The summed E-state index contributed by atoms with van der Waals surface area (Å²) in [7, 11) is 1.82. The van der Waals surface area contributed by atoms with Crippen LogP contribution in [0, 0.1) is 0 Å². The fraction of sp³-hybridized carbons (Fsp3) is 0.320. The molecule has 2 heterocycles. The molecule has 8 heteroatoms. The van der Waals surface area contributed by atoms with Gasteiger partial charge in [0, 0.05) is 48.3 Å². The van der Waals surface area contributed by atoms with Gasteiger partial charge in [0.05, 0.1) is 6.54 Å². The maximum atomic E-state index is 13.0. The van der Waals surface area contributed by atoms with Crippen molar-refractivity contribution in [3.8, 4) is 0 Å². The predicted octanol–water partition coefficient (Wildman–Crippen LogP) is 4.71. The molecule has 0 aliphatic carbocycles. The van der Waals surface area contributed by atoms with Crippen LogP contribution in [0.2, 0.25) is 0 Å². The highest BCUT2D eigenvalue weighted by molar-refractivity contribution is 6.04. The summed E-state index contributed by atoms with van der Waals surface area (Å²) in [6.07, 6.45) is 0.232. The predicted molar refractivity (Wildman–Crippen MR) is 128 cm³/mol. The lowest BCUT2D eigenvalue weighted by Crippen LogP contribution is -2.40. The molecule has 8 nitrogen and oxygen atoms in total. The monoisotopic (exact) mass is 447 g/mol. The molecule has 3 aromatic rings. The number of aryl methyl sites for hydroxylation is 1. The molecule has 0 radical (unpaired) electrons. The number of nitrogens with zero attached hydrogens (tertiary/aromatic N) is 3. The zero-order valence-electron chi connectivity index (χ0n) is 19.4. The second-order valence-electron chi connectivity index (χ2n) is 9.07. The number of hydrogen-bond acceptors (Lipinski definition) is 5. The van der Waals surface area contributed by atoms with Crippen LogP contribution in [0.1, 0.15) is 42.5 Å². The quantitative estimate of drug-likeness (QED) is 0.605. The Morgan fingerprint density at radius 2 is 1.61 bits per heavy atom. The Morgan fingerprint density at radius 1 is 0.970 bits per heavy atom. The second-order valence-corrected chi connectivity index (χ2v) is 9.07. The van der Waals surface area contributed by atoms with Crippen LogP contribution in [0.3, 0.4) is 0 Å². The Morgan fingerprint density at radius 3 is 2.27 bits per heavy atom. The Kier molecular flexibility index (Phi) is 6.09. The lowest BCUT2D eigenvalue weighted by Gasteiger charge is -2.30. The standard InChI is InChI=1S/C25H29N5O3/c1-25(2,3)33-24(32)30-15-14-21-20(16-30)22(28-29(21)4)23(31)27-19-12-10-18(11-13-19)26-17-8-6-5-7-9-17/h5-13,26H,14-16H2,1-4H3,(H,27,31). The van der Waals surface area contributed by atoms with Gasteiger partial charge in [0.25, 0.3) is 5.91 Å². The van der Waals surface area contributed by atoms with Crippen molar-refractivity contribution in [2.75, 3.05) is 17.2 Å². The Balaban J connectivity index is 1.46. The summed E-state index contributed by atoms with van der Waals surface area (Å²) in [4.78, 5) is 27.2. The summed E-state index contributed by atoms with van der Waals surface area (Å²) in [5.41, 5.74) is 4.04. The molecular formula is C25H29N5O3. The molecule has 2 amide bonds. The normalized spacial score (nSPS) is 13.3. The van der Waals surface area contributed by atoms with Gasteiger partial charge in [-0.15, -0.1) is 0 Å². The highest BCUT2D eigenvalue weighted by Gasteiger charge is 2.31. The maximum Gasteiger partial charge on any atom is 0.410 e. The van der Waals surface area contributed by atoms with Crippen LogP contribution in [0.5, 0.6) is 0 Å². The number of para-hydroxylation sites is 1. The minimum Gasteiger partial charge on any atom is -0.444 e. The van der Waals surface area contributed by atoms with E-state index in [0.29, 0.717) is 30.9 Å². The van der Waals surface area contributed by atoms with E-state index in [2.05, 4.69) is 15.7 Å². The number of aromatic nitrogens is 2. The van der Waals surface area contributed by atoms with Crippen molar-refractivity contribution >= 4 is 29.1 Å². The molecule has 4 rings (SSSR count). The van der Waals surface area contributed by atoms with Crippen LogP contribution in [-0.4, -0.2) is 38.8 Å². The van der Waals surface area contributed by atoms with Gasteiger partial charge in [0.2, 0.25) is 0 Å². The number of ether oxygens (including phenoxy) is 1. The number of anilines is 3. The topological polar surface area (TPSA) is 88.5 Å². The number of carbonyl (C=O) groups is 2. The number of carbonyl (C=O) groups excluding carboxylic acids is 2. The molecule has 0 fully saturated rings. The molecule has 0 bridgehead atoms. The number of rotatable bonds is 4. The largest absolute Gasteiger partial charge is 0.444 e.